The molecule has 4 rings (SSSR count). The molecule has 0 radical (unpaired) electrons. The lowest BCUT2D eigenvalue weighted by Gasteiger charge is -2.03. The lowest BCUT2D eigenvalue weighted by Crippen LogP contribution is -2.23. The molecule has 0 atom stereocenters. The van der Waals surface area contributed by atoms with Crippen LogP contribution < -0.4 is 5.32 Å². The molecule has 26 heavy (non-hydrogen) atoms. The van der Waals surface area contributed by atoms with E-state index in [-0.39, 0.29) is 5.91 Å². The normalized spacial score (nSPS) is 11.0. The summed E-state index contributed by atoms with van der Waals surface area (Å²) in [6, 6.07) is 9.15. The molecule has 0 aliphatic heterocycles. The predicted molar refractivity (Wildman–Crippen MR) is 101 cm³/mol. The van der Waals surface area contributed by atoms with E-state index in [1.165, 1.54) is 11.3 Å². The Hall–Kier alpha value is -3.06. The number of hydrogen-bond acceptors (Lipinski definition) is 6. The topological polar surface area (TPSA) is 80.9 Å². The first-order valence-electron chi connectivity index (χ1n) is 8.30. The molecule has 0 unspecified atom stereocenters. The van der Waals surface area contributed by atoms with E-state index in [1.807, 2.05) is 24.4 Å². The molecule has 0 spiro atoms. The Bertz CT molecular complexity index is 1060. The molecule has 0 saturated heterocycles. The molecule has 0 aliphatic carbocycles. The summed E-state index contributed by atoms with van der Waals surface area (Å²) in [5.41, 5.74) is 3.52. The minimum absolute atomic E-state index is 0.102. The highest BCUT2D eigenvalue weighted by Gasteiger charge is 2.16. The van der Waals surface area contributed by atoms with Crippen LogP contribution in [0.5, 0.6) is 0 Å². The quantitative estimate of drug-likeness (QED) is 0.575. The number of aromatic nitrogens is 3. The van der Waals surface area contributed by atoms with Gasteiger partial charge in [-0.15, -0.1) is 11.3 Å². The van der Waals surface area contributed by atoms with Crippen LogP contribution in [-0.4, -0.2) is 27.6 Å². The average Bonchev–Trinajstić information content (AvgIpc) is 3.33. The lowest BCUT2D eigenvalue weighted by molar-refractivity contribution is 0.0954. The van der Waals surface area contributed by atoms with Gasteiger partial charge in [0.05, 0.1) is 5.39 Å². The van der Waals surface area contributed by atoms with Crippen molar-refractivity contribution in [2.75, 3.05) is 6.54 Å². The Kier molecular flexibility index (Phi) is 4.45. The Morgan fingerprint density at radius 2 is 2.23 bits per heavy atom. The highest BCUT2D eigenvalue weighted by molar-refractivity contribution is 7.13. The van der Waals surface area contributed by atoms with Gasteiger partial charge < -0.3 is 9.84 Å². The van der Waals surface area contributed by atoms with Crippen LogP contribution >= 0.6 is 11.3 Å². The van der Waals surface area contributed by atoms with Gasteiger partial charge in [0.15, 0.2) is 5.58 Å². The fraction of sp³-hybridized carbons (Fsp3) is 0.158. The molecule has 1 amide bonds. The predicted octanol–water partition coefficient (Wildman–Crippen LogP) is 4.15. The summed E-state index contributed by atoms with van der Waals surface area (Å²) in [4.78, 5) is 21.0. The van der Waals surface area contributed by atoms with Gasteiger partial charge in [0.1, 0.15) is 16.4 Å². The fourth-order valence-electron chi connectivity index (χ4n) is 2.61. The van der Waals surface area contributed by atoms with Crippen molar-refractivity contribution >= 4 is 28.2 Å². The van der Waals surface area contributed by atoms with Gasteiger partial charge in [0.25, 0.3) is 5.91 Å². The molecule has 1 aromatic carbocycles. The molecule has 0 fully saturated rings. The van der Waals surface area contributed by atoms with Gasteiger partial charge in [-0.05, 0) is 36.8 Å². The maximum Gasteiger partial charge on any atom is 0.251 e. The molecule has 6 nitrogen and oxygen atoms in total. The molecular weight excluding hydrogens is 348 g/mol. The second kappa shape index (κ2) is 7.05. The van der Waals surface area contributed by atoms with Crippen LogP contribution in [0.2, 0.25) is 0 Å². The molecule has 0 bridgehead atoms. The van der Waals surface area contributed by atoms with Crippen molar-refractivity contribution < 1.29 is 9.32 Å². The van der Waals surface area contributed by atoms with Crippen LogP contribution in [-0.2, 0) is 0 Å². The zero-order valence-corrected chi connectivity index (χ0v) is 14.9. The third-order valence-corrected chi connectivity index (χ3v) is 4.81. The molecule has 7 heteroatoms. The Morgan fingerprint density at radius 1 is 1.31 bits per heavy atom. The van der Waals surface area contributed by atoms with E-state index < -0.39 is 0 Å². The van der Waals surface area contributed by atoms with Gasteiger partial charge in [0, 0.05) is 35.4 Å². The standard InChI is InChI=1S/C19H16N4O2S/c1-2-7-21-18(24)12-5-6-16-14(9-12)17(23-25-16)15-11-26-19(22-15)13-4-3-8-20-10-13/h3-6,8-11H,2,7H2,1H3,(H,21,24). The smallest absolute Gasteiger partial charge is 0.251 e. The van der Waals surface area contributed by atoms with Crippen molar-refractivity contribution in [3.05, 3.63) is 53.7 Å². The monoisotopic (exact) mass is 364 g/mol. The SMILES string of the molecule is CCCNC(=O)c1ccc2onc(-c3csc(-c4cccnc4)n3)c2c1. The molecule has 0 aliphatic rings. The van der Waals surface area contributed by atoms with E-state index in [1.54, 1.807) is 30.6 Å². The van der Waals surface area contributed by atoms with Gasteiger partial charge in [-0.3, -0.25) is 9.78 Å². The van der Waals surface area contributed by atoms with Crippen LogP contribution in [0.4, 0.5) is 0 Å². The number of pyridine rings is 1. The summed E-state index contributed by atoms with van der Waals surface area (Å²) >= 11 is 1.52. The Morgan fingerprint density at radius 3 is 3.04 bits per heavy atom. The van der Waals surface area contributed by atoms with Gasteiger partial charge in [0.2, 0.25) is 0 Å². The third kappa shape index (κ3) is 3.09. The van der Waals surface area contributed by atoms with Crippen LogP contribution in [0.3, 0.4) is 0 Å². The number of carbonyl (C=O) groups is 1. The highest BCUT2D eigenvalue weighted by atomic mass is 32.1. The summed E-state index contributed by atoms with van der Waals surface area (Å²) < 4.78 is 5.40. The van der Waals surface area contributed by atoms with Crippen molar-refractivity contribution in [3.63, 3.8) is 0 Å². The maximum atomic E-state index is 12.2. The molecule has 3 aromatic heterocycles. The molecule has 4 aromatic rings. The number of nitrogens with one attached hydrogen (secondary N) is 1. The number of amides is 1. The average molecular weight is 364 g/mol. The molecule has 3 heterocycles. The Labute approximate surface area is 153 Å². The summed E-state index contributed by atoms with van der Waals surface area (Å²) in [5.74, 6) is -0.102. The van der Waals surface area contributed by atoms with E-state index in [4.69, 9.17) is 4.52 Å². The molecule has 0 saturated carbocycles. The zero-order chi connectivity index (χ0) is 17.9. The fourth-order valence-corrected chi connectivity index (χ4v) is 3.41. The number of hydrogen-bond donors (Lipinski definition) is 1. The number of benzene rings is 1. The van der Waals surface area contributed by atoms with Crippen LogP contribution in [0.1, 0.15) is 23.7 Å². The number of fused-ring (bicyclic) bond motifs is 1. The van der Waals surface area contributed by atoms with Crippen molar-refractivity contribution in [1.82, 2.24) is 20.4 Å². The highest BCUT2D eigenvalue weighted by Crippen LogP contribution is 2.32. The van der Waals surface area contributed by atoms with Gasteiger partial charge in [-0.25, -0.2) is 4.98 Å². The second-order valence-electron chi connectivity index (χ2n) is 5.78. The van der Waals surface area contributed by atoms with Gasteiger partial charge in [-0.1, -0.05) is 12.1 Å². The van der Waals surface area contributed by atoms with E-state index in [2.05, 4.69) is 20.4 Å². The van der Waals surface area contributed by atoms with Crippen LogP contribution in [0, 0.1) is 0 Å². The van der Waals surface area contributed by atoms with Crippen molar-refractivity contribution in [2.45, 2.75) is 13.3 Å². The summed E-state index contributed by atoms with van der Waals surface area (Å²) in [7, 11) is 0. The van der Waals surface area contributed by atoms with E-state index >= 15 is 0 Å². The molecular formula is C19H16N4O2S. The van der Waals surface area contributed by atoms with Crippen LogP contribution in [0.15, 0.2) is 52.6 Å². The largest absolute Gasteiger partial charge is 0.356 e. The van der Waals surface area contributed by atoms with E-state index in [0.717, 1.165) is 28.1 Å². The van der Waals surface area contributed by atoms with Gasteiger partial charge in [-0.2, -0.15) is 0 Å². The third-order valence-electron chi connectivity index (χ3n) is 3.92. The first-order valence-corrected chi connectivity index (χ1v) is 9.18. The van der Waals surface area contributed by atoms with E-state index in [0.29, 0.717) is 23.4 Å². The summed E-state index contributed by atoms with van der Waals surface area (Å²) in [6.07, 6.45) is 4.40. The zero-order valence-electron chi connectivity index (χ0n) is 14.1. The minimum atomic E-state index is -0.102. The lowest BCUT2D eigenvalue weighted by atomic mass is 10.1. The minimum Gasteiger partial charge on any atom is -0.356 e. The number of nitrogens with zero attached hydrogens (tertiary/aromatic N) is 3. The second-order valence-corrected chi connectivity index (χ2v) is 6.64. The number of rotatable bonds is 5. The van der Waals surface area contributed by atoms with Crippen molar-refractivity contribution in [1.29, 1.82) is 0 Å². The maximum absolute atomic E-state index is 12.2. The first-order chi connectivity index (χ1) is 12.8. The van der Waals surface area contributed by atoms with Gasteiger partial charge >= 0.3 is 0 Å². The van der Waals surface area contributed by atoms with Crippen molar-refractivity contribution in [3.8, 4) is 22.0 Å². The molecule has 130 valence electrons. The van der Waals surface area contributed by atoms with Crippen LogP contribution in [0.25, 0.3) is 32.9 Å². The summed E-state index contributed by atoms with van der Waals surface area (Å²) in [6.45, 7) is 2.66. The first kappa shape index (κ1) is 16.4. The van der Waals surface area contributed by atoms with E-state index in [9.17, 15) is 4.79 Å². The van der Waals surface area contributed by atoms with Crippen molar-refractivity contribution in [2.24, 2.45) is 0 Å². The Balaban J connectivity index is 1.71. The summed E-state index contributed by atoms with van der Waals surface area (Å²) in [5, 5.41) is 10.6. The molecule has 1 N–H and O–H groups in total. The number of carbonyl (C=O) groups excluding carboxylic acids is 1. The number of thiazole rings is 1.